The van der Waals surface area contributed by atoms with Crippen LogP contribution in [-0.4, -0.2) is 35.7 Å². The molecule has 0 bridgehead atoms. The Balaban J connectivity index is 1.56. The number of carbonyl (C=O) groups is 1. The van der Waals surface area contributed by atoms with E-state index in [0.717, 1.165) is 25.6 Å². The lowest BCUT2D eigenvalue weighted by Crippen LogP contribution is -2.49. The Bertz CT molecular complexity index is 1620. The molecule has 1 heterocycles. The molecule has 0 radical (unpaired) electrons. The minimum Gasteiger partial charge on any atom is -0.494 e. The predicted molar refractivity (Wildman–Crippen MR) is 177 cm³/mol. The second-order valence-electron chi connectivity index (χ2n) is 10.0. The molecule has 0 saturated heterocycles. The summed E-state index contributed by atoms with van der Waals surface area (Å²) in [5.41, 5.74) is 1.89. The van der Waals surface area contributed by atoms with Gasteiger partial charge in [0.1, 0.15) is 5.75 Å². The van der Waals surface area contributed by atoms with E-state index in [2.05, 4.69) is 37.2 Å². The van der Waals surface area contributed by atoms with Crippen molar-refractivity contribution >= 4 is 66.9 Å². The Morgan fingerprint density at radius 1 is 0.977 bits per heavy atom. The highest BCUT2D eigenvalue weighted by atomic mass is 79.9. The summed E-state index contributed by atoms with van der Waals surface area (Å²) in [5.74, 6) is 0.729. The summed E-state index contributed by atoms with van der Waals surface area (Å²) in [6.45, 7) is 0.700. The molecule has 2 N–H and O–H groups in total. The molecule has 2 atom stereocenters. The fourth-order valence-electron chi connectivity index (χ4n) is 4.84. The Labute approximate surface area is 277 Å². The van der Waals surface area contributed by atoms with Gasteiger partial charge in [-0.3, -0.25) is 4.79 Å². The predicted octanol–water partition coefficient (Wildman–Crippen LogP) is 8.10. The molecule has 1 aliphatic rings. The smallest absolute Gasteiger partial charge is 0.252 e. The van der Waals surface area contributed by atoms with Crippen LogP contribution in [0.15, 0.2) is 105 Å². The first-order chi connectivity index (χ1) is 20.8. The highest BCUT2D eigenvalue weighted by molar-refractivity contribution is 9.10. The lowest BCUT2D eigenvalue weighted by molar-refractivity contribution is -0.129. The van der Waals surface area contributed by atoms with Crippen LogP contribution < -0.4 is 10.1 Å². The largest absolute Gasteiger partial charge is 0.494 e. The van der Waals surface area contributed by atoms with Gasteiger partial charge < -0.3 is 19.9 Å². The SMILES string of the molecule is O=C(NCc1ccc(Cl)c(Cl)c1)[C@]1(Cc2ccccc2Br)N=C(c2ccc(OCCCO)cc2)O[C@@H]1c1ccc(Br)cc1. The zero-order valence-corrected chi connectivity index (χ0v) is 27.6. The third-order valence-electron chi connectivity index (χ3n) is 7.06. The number of rotatable bonds is 11. The van der Waals surface area contributed by atoms with Crippen molar-refractivity contribution in [2.24, 2.45) is 4.99 Å². The van der Waals surface area contributed by atoms with Gasteiger partial charge in [-0.1, -0.05) is 91.5 Å². The standard InChI is InChI=1S/C33H28Br2Cl2N2O4/c34-25-11-7-22(8-12-25)30-33(19-24-4-1-2-5-27(24)35,32(41)38-20-21-6-15-28(36)29(37)18-21)39-31(43-30)23-9-13-26(14-10-23)42-17-3-16-40/h1-2,4-15,18,30,40H,3,16-17,19-20H2,(H,38,41)/t30-,33-/m1/s1. The topological polar surface area (TPSA) is 80.2 Å². The van der Waals surface area contributed by atoms with Gasteiger partial charge in [-0.25, -0.2) is 4.99 Å². The Morgan fingerprint density at radius 2 is 1.72 bits per heavy atom. The molecule has 0 unspecified atom stereocenters. The van der Waals surface area contributed by atoms with Crippen LogP contribution in [0.25, 0.3) is 0 Å². The molecular formula is C33H28Br2Cl2N2O4. The number of hydrogen-bond acceptors (Lipinski definition) is 5. The molecule has 10 heteroatoms. The van der Waals surface area contributed by atoms with Crippen LogP contribution in [0.4, 0.5) is 0 Å². The van der Waals surface area contributed by atoms with Crippen molar-refractivity contribution in [3.05, 3.63) is 132 Å². The van der Waals surface area contributed by atoms with E-state index in [9.17, 15) is 4.79 Å². The van der Waals surface area contributed by atoms with Gasteiger partial charge in [0.15, 0.2) is 11.6 Å². The summed E-state index contributed by atoms with van der Waals surface area (Å²) in [7, 11) is 0. The number of nitrogens with one attached hydrogen (secondary N) is 1. The maximum atomic E-state index is 14.4. The summed E-state index contributed by atoms with van der Waals surface area (Å²) in [4.78, 5) is 19.5. The molecule has 6 nitrogen and oxygen atoms in total. The molecule has 43 heavy (non-hydrogen) atoms. The third kappa shape index (κ3) is 7.44. The second kappa shape index (κ2) is 14.3. The fraction of sp³-hybridized carbons (Fsp3) is 0.212. The third-order valence-corrected chi connectivity index (χ3v) is 9.10. The van der Waals surface area contributed by atoms with E-state index in [0.29, 0.717) is 40.3 Å². The molecule has 1 aliphatic heterocycles. The maximum Gasteiger partial charge on any atom is 0.252 e. The van der Waals surface area contributed by atoms with Gasteiger partial charge in [-0.2, -0.15) is 0 Å². The molecular weight excluding hydrogens is 719 g/mol. The van der Waals surface area contributed by atoms with E-state index in [-0.39, 0.29) is 25.5 Å². The van der Waals surface area contributed by atoms with Crippen LogP contribution in [-0.2, 0) is 22.5 Å². The Hall–Kier alpha value is -2.88. The lowest BCUT2D eigenvalue weighted by Gasteiger charge is -2.31. The fourth-order valence-corrected chi connectivity index (χ4v) is 5.85. The highest BCUT2D eigenvalue weighted by Crippen LogP contribution is 2.43. The van der Waals surface area contributed by atoms with Crippen molar-refractivity contribution in [3.8, 4) is 5.75 Å². The molecule has 1 amide bonds. The number of nitrogens with zero attached hydrogens (tertiary/aromatic N) is 1. The number of aliphatic hydroxyl groups excluding tert-OH is 1. The number of hydrogen-bond donors (Lipinski definition) is 2. The molecule has 0 fully saturated rings. The van der Waals surface area contributed by atoms with E-state index in [4.69, 9.17) is 42.8 Å². The van der Waals surface area contributed by atoms with Crippen LogP contribution in [0.3, 0.4) is 0 Å². The number of halogens is 4. The zero-order valence-electron chi connectivity index (χ0n) is 22.9. The van der Waals surface area contributed by atoms with Crippen LogP contribution >= 0.6 is 55.1 Å². The summed E-state index contributed by atoms with van der Waals surface area (Å²) >= 11 is 19.5. The summed E-state index contributed by atoms with van der Waals surface area (Å²) in [5, 5.41) is 13.0. The molecule has 0 aliphatic carbocycles. The van der Waals surface area contributed by atoms with Gasteiger partial charge in [0.25, 0.3) is 5.91 Å². The average molecular weight is 747 g/mol. The minimum atomic E-state index is -1.35. The molecule has 0 aromatic heterocycles. The van der Waals surface area contributed by atoms with E-state index in [1.54, 1.807) is 12.1 Å². The van der Waals surface area contributed by atoms with Crippen LogP contribution in [0, 0.1) is 0 Å². The molecule has 222 valence electrons. The number of aliphatic imine (C=N–C) groups is 1. The van der Waals surface area contributed by atoms with Crippen molar-refractivity contribution < 1.29 is 19.4 Å². The van der Waals surface area contributed by atoms with Crippen LogP contribution in [0.5, 0.6) is 5.75 Å². The quantitative estimate of drug-likeness (QED) is 0.152. The number of carbonyl (C=O) groups excluding carboxylic acids is 1. The summed E-state index contributed by atoms with van der Waals surface area (Å²) in [6, 6.07) is 28.1. The molecule has 5 rings (SSSR count). The van der Waals surface area contributed by atoms with Gasteiger partial charge in [0, 0.05) is 40.5 Å². The van der Waals surface area contributed by atoms with Gasteiger partial charge in [0.2, 0.25) is 5.90 Å². The van der Waals surface area contributed by atoms with Crippen molar-refractivity contribution in [2.75, 3.05) is 13.2 Å². The molecule has 0 spiro atoms. The lowest BCUT2D eigenvalue weighted by atomic mass is 9.82. The normalized spacial score (nSPS) is 17.7. The Morgan fingerprint density at radius 3 is 2.42 bits per heavy atom. The first kappa shape index (κ1) is 31.5. The van der Waals surface area contributed by atoms with E-state index in [1.807, 2.05) is 78.9 Å². The summed E-state index contributed by atoms with van der Waals surface area (Å²) < 4.78 is 14.1. The van der Waals surface area contributed by atoms with Crippen molar-refractivity contribution in [1.29, 1.82) is 0 Å². The first-order valence-electron chi connectivity index (χ1n) is 13.6. The highest BCUT2D eigenvalue weighted by Gasteiger charge is 2.53. The number of aliphatic hydroxyl groups is 1. The monoisotopic (exact) mass is 744 g/mol. The number of benzene rings is 4. The van der Waals surface area contributed by atoms with E-state index < -0.39 is 11.6 Å². The van der Waals surface area contributed by atoms with Crippen LogP contribution in [0.1, 0.15) is 34.8 Å². The zero-order chi connectivity index (χ0) is 30.4. The molecule has 4 aromatic carbocycles. The molecule has 4 aromatic rings. The van der Waals surface area contributed by atoms with Gasteiger partial charge in [-0.05, 0) is 71.3 Å². The van der Waals surface area contributed by atoms with Crippen molar-refractivity contribution in [3.63, 3.8) is 0 Å². The van der Waals surface area contributed by atoms with Crippen LogP contribution in [0.2, 0.25) is 10.0 Å². The first-order valence-corrected chi connectivity index (χ1v) is 15.9. The maximum absolute atomic E-state index is 14.4. The van der Waals surface area contributed by atoms with Crippen molar-refractivity contribution in [1.82, 2.24) is 5.32 Å². The number of ether oxygens (including phenoxy) is 2. The van der Waals surface area contributed by atoms with Crippen molar-refractivity contribution in [2.45, 2.75) is 31.0 Å². The summed E-state index contributed by atoms with van der Waals surface area (Å²) in [6.07, 6.45) is 0.0900. The van der Waals surface area contributed by atoms with Gasteiger partial charge in [-0.15, -0.1) is 0 Å². The number of amides is 1. The second-order valence-corrected chi connectivity index (χ2v) is 12.6. The molecule has 0 saturated carbocycles. The minimum absolute atomic E-state index is 0.0624. The van der Waals surface area contributed by atoms with Gasteiger partial charge >= 0.3 is 0 Å². The van der Waals surface area contributed by atoms with Gasteiger partial charge in [0.05, 0.1) is 16.7 Å². The van der Waals surface area contributed by atoms with E-state index >= 15 is 0 Å². The van der Waals surface area contributed by atoms with E-state index in [1.165, 1.54) is 0 Å². The average Bonchev–Trinajstić information content (AvgIpc) is 3.40. The Kier molecular flexibility index (Phi) is 10.5.